The molecule has 0 amide bonds. The summed E-state index contributed by atoms with van der Waals surface area (Å²) in [6.07, 6.45) is 1.45. The van der Waals surface area contributed by atoms with Crippen molar-refractivity contribution in [3.05, 3.63) is 48.5 Å². The number of rotatable bonds is 6. The van der Waals surface area contributed by atoms with Crippen molar-refractivity contribution in [3.63, 3.8) is 0 Å². The lowest BCUT2D eigenvalue weighted by atomic mass is 10.1. The van der Waals surface area contributed by atoms with Crippen LogP contribution in [0, 0.1) is 0 Å². The average Bonchev–Trinajstić information content (AvgIpc) is 2.82. The number of hydrogen-bond acceptors (Lipinski definition) is 7. The van der Waals surface area contributed by atoms with Crippen molar-refractivity contribution in [2.45, 2.75) is 38.4 Å². The molecule has 0 aliphatic carbocycles. The molecule has 0 saturated heterocycles. The van der Waals surface area contributed by atoms with E-state index in [1.807, 2.05) is 42.5 Å². The molecule has 33 heavy (non-hydrogen) atoms. The van der Waals surface area contributed by atoms with Gasteiger partial charge in [-0.05, 0) is 37.1 Å². The van der Waals surface area contributed by atoms with Gasteiger partial charge in [0.2, 0.25) is 0 Å². The van der Waals surface area contributed by atoms with Gasteiger partial charge in [-0.1, -0.05) is 37.6 Å². The second kappa shape index (κ2) is 13.5. The smallest absolute Gasteiger partial charge is 0.329 e. The molecule has 2 aromatic rings. The molecule has 3 rings (SSSR count). The van der Waals surface area contributed by atoms with Crippen molar-refractivity contribution in [3.8, 4) is 23.0 Å². The summed E-state index contributed by atoms with van der Waals surface area (Å²) in [5.41, 5.74) is 0. The minimum atomic E-state index is -1.05. The highest BCUT2D eigenvalue weighted by Gasteiger charge is 2.27. The number of hydrogen-bond donors (Lipinski definition) is 1. The summed E-state index contributed by atoms with van der Waals surface area (Å²) in [5, 5.41) is 9.20. The van der Waals surface area contributed by atoms with Gasteiger partial charge in [-0.15, -0.1) is 0 Å². The van der Waals surface area contributed by atoms with Gasteiger partial charge < -0.3 is 33.5 Å². The van der Waals surface area contributed by atoms with Gasteiger partial charge in [-0.25, -0.2) is 4.79 Å². The summed E-state index contributed by atoms with van der Waals surface area (Å²) in [7, 11) is 0. The van der Waals surface area contributed by atoms with Crippen molar-refractivity contribution in [1.29, 1.82) is 0 Å². The maximum Gasteiger partial charge on any atom is 0.329 e. The molecule has 180 valence electrons. The van der Waals surface area contributed by atoms with Gasteiger partial charge >= 0.3 is 5.97 Å². The Morgan fingerprint density at radius 1 is 0.909 bits per heavy atom. The van der Waals surface area contributed by atoms with Gasteiger partial charge in [0.25, 0.3) is 0 Å². The lowest BCUT2D eigenvalue weighted by Gasteiger charge is -2.29. The first kappa shape index (κ1) is 24.7. The number of ether oxygens (including phenoxy) is 6. The quantitative estimate of drug-likeness (QED) is 0.693. The van der Waals surface area contributed by atoms with E-state index in [1.54, 1.807) is 6.07 Å². The minimum Gasteiger partial charge on any atom is -0.487 e. The van der Waals surface area contributed by atoms with Crippen molar-refractivity contribution < 1.29 is 38.3 Å². The third-order valence-corrected chi connectivity index (χ3v) is 5.03. The summed E-state index contributed by atoms with van der Waals surface area (Å²) >= 11 is 0. The molecule has 0 spiro atoms. The van der Waals surface area contributed by atoms with Crippen molar-refractivity contribution in [2.75, 3.05) is 39.6 Å². The van der Waals surface area contributed by atoms with Crippen LogP contribution in [0.15, 0.2) is 48.5 Å². The van der Waals surface area contributed by atoms with Crippen molar-refractivity contribution in [1.82, 2.24) is 0 Å². The highest BCUT2D eigenvalue weighted by molar-refractivity contribution is 5.68. The van der Waals surface area contributed by atoms with Crippen LogP contribution >= 0.6 is 0 Å². The van der Waals surface area contributed by atoms with Gasteiger partial charge in [-0.2, -0.15) is 0 Å². The number of benzene rings is 2. The second-order valence-corrected chi connectivity index (χ2v) is 7.56. The monoisotopic (exact) mass is 460 g/mol. The zero-order valence-electron chi connectivity index (χ0n) is 18.9. The summed E-state index contributed by atoms with van der Waals surface area (Å²) in [6, 6.07) is 14.7. The maximum absolute atomic E-state index is 11.2. The molecule has 0 saturated carbocycles. The van der Waals surface area contributed by atoms with Gasteiger partial charge in [0.15, 0.2) is 23.0 Å². The van der Waals surface area contributed by atoms with Crippen LogP contribution in [0.4, 0.5) is 0 Å². The summed E-state index contributed by atoms with van der Waals surface area (Å²) < 4.78 is 35.4. The number of aliphatic carboxylic acids is 1. The standard InChI is InChI=1S/C25H32O8/c1-2-3-8-23-24(32-18-25(26)27)17-31-20-10-5-4-9-19(20)29-15-13-28-14-16-30-21-11-6-7-12-22(21)33-23/h4-7,9-12,23-24H,2-3,8,13-18H2,1H3,(H,26,27). The van der Waals surface area contributed by atoms with E-state index in [1.165, 1.54) is 0 Å². The molecule has 1 N–H and O–H groups in total. The van der Waals surface area contributed by atoms with E-state index >= 15 is 0 Å². The van der Waals surface area contributed by atoms with Crippen LogP contribution in [0.3, 0.4) is 0 Å². The Bertz CT molecular complexity index is 856. The number of fused-ring (bicyclic) bond motifs is 2. The normalized spacial score (nSPS) is 19.5. The predicted molar refractivity (Wildman–Crippen MR) is 122 cm³/mol. The Morgan fingerprint density at radius 2 is 1.48 bits per heavy atom. The van der Waals surface area contributed by atoms with Crippen LogP contribution in [0.25, 0.3) is 0 Å². The number of unbranched alkanes of at least 4 members (excludes halogenated alkanes) is 1. The molecule has 0 radical (unpaired) electrons. The van der Waals surface area contributed by atoms with E-state index in [9.17, 15) is 9.90 Å². The van der Waals surface area contributed by atoms with Gasteiger partial charge in [0.1, 0.15) is 38.6 Å². The molecule has 1 aliphatic heterocycles. The van der Waals surface area contributed by atoms with Gasteiger partial charge in [0, 0.05) is 0 Å². The van der Waals surface area contributed by atoms with E-state index in [0.717, 1.165) is 12.8 Å². The van der Waals surface area contributed by atoms with Crippen LogP contribution in [0.5, 0.6) is 23.0 Å². The average molecular weight is 461 g/mol. The summed E-state index contributed by atoms with van der Waals surface area (Å²) in [5.74, 6) is 1.24. The van der Waals surface area contributed by atoms with Crippen molar-refractivity contribution in [2.24, 2.45) is 0 Å². The van der Waals surface area contributed by atoms with E-state index in [4.69, 9.17) is 28.4 Å². The van der Waals surface area contributed by atoms with Crippen molar-refractivity contribution >= 4 is 5.97 Å². The molecule has 1 heterocycles. The Labute approximate surface area is 194 Å². The predicted octanol–water partition coefficient (Wildman–Crippen LogP) is 3.96. The topological polar surface area (TPSA) is 92.7 Å². The molecule has 8 nitrogen and oxygen atoms in total. The Hall–Kier alpha value is -2.97. The van der Waals surface area contributed by atoms with E-state index in [0.29, 0.717) is 55.8 Å². The fourth-order valence-corrected chi connectivity index (χ4v) is 3.38. The molecular formula is C25H32O8. The maximum atomic E-state index is 11.2. The van der Waals surface area contributed by atoms with E-state index < -0.39 is 24.8 Å². The van der Waals surface area contributed by atoms with E-state index in [2.05, 4.69) is 6.92 Å². The van der Waals surface area contributed by atoms with Crippen LogP contribution < -0.4 is 18.9 Å². The summed E-state index contributed by atoms with van der Waals surface area (Å²) in [6.45, 7) is 3.26. The highest BCUT2D eigenvalue weighted by Crippen LogP contribution is 2.31. The molecule has 2 aromatic carbocycles. The zero-order valence-corrected chi connectivity index (χ0v) is 18.9. The molecular weight excluding hydrogens is 428 g/mol. The van der Waals surface area contributed by atoms with Crippen LogP contribution in [0.2, 0.25) is 0 Å². The highest BCUT2D eigenvalue weighted by atomic mass is 16.6. The minimum absolute atomic E-state index is 0.0988. The third-order valence-electron chi connectivity index (χ3n) is 5.03. The number of carboxylic acid groups (broad SMARTS) is 1. The van der Waals surface area contributed by atoms with Gasteiger partial charge in [-0.3, -0.25) is 0 Å². The number of carboxylic acids is 1. The fourth-order valence-electron chi connectivity index (χ4n) is 3.38. The number of carbonyl (C=O) groups is 1. The SMILES string of the molecule is CCCCC1Oc2ccccc2OCCOCCOc2ccccc2OCC1OCC(=O)O. The first-order chi connectivity index (χ1) is 16.2. The first-order valence-electron chi connectivity index (χ1n) is 11.3. The number of para-hydroxylation sites is 4. The molecule has 0 aromatic heterocycles. The van der Waals surface area contributed by atoms with Gasteiger partial charge in [0.05, 0.1) is 13.2 Å². The molecule has 2 unspecified atom stereocenters. The van der Waals surface area contributed by atoms with Crippen LogP contribution in [-0.2, 0) is 14.3 Å². The first-order valence-corrected chi connectivity index (χ1v) is 11.3. The van der Waals surface area contributed by atoms with E-state index in [-0.39, 0.29) is 6.61 Å². The third kappa shape index (κ3) is 8.14. The lowest BCUT2D eigenvalue weighted by Crippen LogP contribution is -2.40. The van der Waals surface area contributed by atoms with Crippen LogP contribution in [0.1, 0.15) is 26.2 Å². The summed E-state index contributed by atoms with van der Waals surface area (Å²) in [4.78, 5) is 11.2. The molecule has 1 aliphatic rings. The Morgan fingerprint density at radius 3 is 2.09 bits per heavy atom. The largest absolute Gasteiger partial charge is 0.487 e. The Kier molecular flexibility index (Phi) is 10.1. The molecule has 8 heteroatoms. The molecule has 0 bridgehead atoms. The second-order valence-electron chi connectivity index (χ2n) is 7.56. The molecule has 0 fully saturated rings. The molecule has 2 atom stereocenters. The van der Waals surface area contributed by atoms with Crippen LogP contribution in [-0.4, -0.2) is 62.9 Å². The lowest BCUT2D eigenvalue weighted by molar-refractivity contribution is -0.147. The Balaban J connectivity index is 1.87. The fraction of sp³-hybridized carbons (Fsp3) is 0.480. The zero-order chi connectivity index (χ0) is 23.3.